The second-order valence-electron chi connectivity index (χ2n) is 4.37. The van der Waals surface area contributed by atoms with Gasteiger partial charge in [0.25, 0.3) is 0 Å². The monoisotopic (exact) mass is 315 g/mol. The van der Waals surface area contributed by atoms with Crippen LogP contribution in [0.4, 0.5) is 0 Å². The molecule has 1 atom stereocenters. The minimum absolute atomic E-state index is 0.0693. The van der Waals surface area contributed by atoms with Gasteiger partial charge >= 0.3 is 0 Å². The number of nitrogens with zero attached hydrogens (tertiary/aromatic N) is 1. The Bertz CT molecular complexity index is 400. The van der Waals surface area contributed by atoms with Crippen molar-refractivity contribution < 1.29 is 14.6 Å². The number of aliphatic hydroxyl groups is 1. The summed E-state index contributed by atoms with van der Waals surface area (Å²) in [4.78, 5) is 2.27. The SMILES string of the molecule is COc1cc(Br)ccc1CN1CCO[C@H](CO)C1. The molecule has 0 amide bonds. The Morgan fingerprint density at radius 1 is 1.56 bits per heavy atom. The molecule has 1 aliphatic rings. The first kappa shape index (κ1) is 13.8. The zero-order valence-corrected chi connectivity index (χ0v) is 12.0. The molecule has 1 aliphatic heterocycles. The summed E-state index contributed by atoms with van der Waals surface area (Å²) in [5.74, 6) is 0.886. The summed E-state index contributed by atoms with van der Waals surface area (Å²) in [6.07, 6.45) is -0.0693. The topological polar surface area (TPSA) is 41.9 Å². The van der Waals surface area contributed by atoms with Crippen LogP contribution in [-0.2, 0) is 11.3 Å². The van der Waals surface area contributed by atoms with E-state index in [9.17, 15) is 0 Å². The van der Waals surface area contributed by atoms with E-state index in [4.69, 9.17) is 14.6 Å². The smallest absolute Gasteiger partial charge is 0.124 e. The molecule has 1 aromatic carbocycles. The van der Waals surface area contributed by atoms with Crippen molar-refractivity contribution in [2.24, 2.45) is 0 Å². The maximum atomic E-state index is 9.13. The Kier molecular flexibility index (Phi) is 5.00. The van der Waals surface area contributed by atoms with Crippen molar-refractivity contribution in [3.05, 3.63) is 28.2 Å². The number of rotatable bonds is 4. The second kappa shape index (κ2) is 6.52. The van der Waals surface area contributed by atoms with E-state index in [0.29, 0.717) is 6.61 Å². The zero-order chi connectivity index (χ0) is 13.0. The van der Waals surface area contributed by atoms with Crippen LogP contribution in [0.25, 0.3) is 0 Å². The number of aliphatic hydroxyl groups excluding tert-OH is 1. The number of ether oxygens (including phenoxy) is 2. The maximum absolute atomic E-state index is 9.13. The van der Waals surface area contributed by atoms with Crippen LogP contribution in [0, 0.1) is 0 Å². The van der Waals surface area contributed by atoms with Gasteiger partial charge in [0.2, 0.25) is 0 Å². The summed E-state index contributed by atoms with van der Waals surface area (Å²) in [5, 5.41) is 9.13. The van der Waals surface area contributed by atoms with Crippen LogP contribution in [0.5, 0.6) is 5.75 Å². The molecule has 1 N–H and O–H groups in total. The van der Waals surface area contributed by atoms with Gasteiger partial charge in [0, 0.05) is 29.7 Å². The first-order valence-electron chi connectivity index (χ1n) is 6.00. The maximum Gasteiger partial charge on any atom is 0.124 e. The van der Waals surface area contributed by atoms with E-state index in [2.05, 4.69) is 26.9 Å². The summed E-state index contributed by atoms with van der Waals surface area (Å²) in [6.45, 7) is 3.21. The molecule has 0 spiro atoms. The molecule has 1 saturated heterocycles. The molecule has 0 unspecified atom stereocenters. The Morgan fingerprint density at radius 2 is 2.39 bits per heavy atom. The minimum Gasteiger partial charge on any atom is -0.496 e. The molecule has 1 heterocycles. The highest BCUT2D eigenvalue weighted by Gasteiger charge is 2.20. The van der Waals surface area contributed by atoms with E-state index in [1.54, 1.807) is 7.11 Å². The quantitative estimate of drug-likeness (QED) is 0.917. The highest BCUT2D eigenvalue weighted by atomic mass is 79.9. The highest BCUT2D eigenvalue weighted by Crippen LogP contribution is 2.25. The summed E-state index contributed by atoms with van der Waals surface area (Å²) < 4.78 is 11.8. The average molecular weight is 316 g/mol. The van der Waals surface area contributed by atoms with Gasteiger partial charge in [0.15, 0.2) is 0 Å². The van der Waals surface area contributed by atoms with Crippen molar-refractivity contribution in [3.8, 4) is 5.75 Å². The second-order valence-corrected chi connectivity index (χ2v) is 5.28. The number of hydrogen-bond donors (Lipinski definition) is 1. The van der Waals surface area contributed by atoms with Gasteiger partial charge in [-0.15, -0.1) is 0 Å². The highest BCUT2D eigenvalue weighted by molar-refractivity contribution is 9.10. The number of halogens is 1. The van der Waals surface area contributed by atoms with Gasteiger partial charge in [-0.05, 0) is 12.1 Å². The molecule has 0 saturated carbocycles. The number of hydrogen-bond acceptors (Lipinski definition) is 4. The molecule has 0 bridgehead atoms. The first-order valence-corrected chi connectivity index (χ1v) is 6.79. The van der Waals surface area contributed by atoms with Crippen LogP contribution >= 0.6 is 15.9 Å². The molecule has 0 radical (unpaired) electrons. The number of benzene rings is 1. The van der Waals surface area contributed by atoms with E-state index in [-0.39, 0.29) is 12.7 Å². The zero-order valence-electron chi connectivity index (χ0n) is 10.4. The Labute approximate surface area is 116 Å². The van der Waals surface area contributed by atoms with Crippen LogP contribution in [0.3, 0.4) is 0 Å². The van der Waals surface area contributed by atoms with E-state index in [1.165, 1.54) is 0 Å². The van der Waals surface area contributed by atoms with Gasteiger partial charge < -0.3 is 14.6 Å². The molecule has 100 valence electrons. The fourth-order valence-electron chi connectivity index (χ4n) is 2.12. The normalized spacial score (nSPS) is 20.9. The van der Waals surface area contributed by atoms with Crippen molar-refractivity contribution in [1.82, 2.24) is 4.90 Å². The lowest BCUT2D eigenvalue weighted by Crippen LogP contribution is -2.43. The molecule has 5 heteroatoms. The molecule has 1 fully saturated rings. The Hall–Kier alpha value is -0.620. The average Bonchev–Trinajstić information content (AvgIpc) is 2.41. The molecule has 4 nitrogen and oxygen atoms in total. The molecule has 18 heavy (non-hydrogen) atoms. The molecule has 0 aromatic heterocycles. The van der Waals surface area contributed by atoms with E-state index in [0.717, 1.165) is 35.4 Å². The predicted molar refractivity (Wildman–Crippen MR) is 72.8 cm³/mol. The van der Waals surface area contributed by atoms with Crippen LogP contribution in [-0.4, -0.2) is 49.5 Å². The van der Waals surface area contributed by atoms with Gasteiger partial charge in [-0.1, -0.05) is 22.0 Å². The predicted octanol–water partition coefficient (Wildman–Crippen LogP) is 1.65. The summed E-state index contributed by atoms with van der Waals surface area (Å²) in [7, 11) is 1.68. The van der Waals surface area contributed by atoms with Gasteiger partial charge in [-0.2, -0.15) is 0 Å². The number of morpholine rings is 1. The van der Waals surface area contributed by atoms with Crippen molar-refractivity contribution in [2.75, 3.05) is 33.4 Å². The Balaban J connectivity index is 2.04. The molecular weight excluding hydrogens is 298 g/mol. The van der Waals surface area contributed by atoms with E-state index in [1.807, 2.05) is 12.1 Å². The summed E-state index contributed by atoms with van der Waals surface area (Å²) in [5.41, 5.74) is 1.15. The minimum atomic E-state index is -0.0693. The lowest BCUT2D eigenvalue weighted by atomic mass is 10.1. The van der Waals surface area contributed by atoms with Crippen molar-refractivity contribution in [3.63, 3.8) is 0 Å². The molecule has 2 rings (SSSR count). The van der Waals surface area contributed by atoms with Crippen LogP contribution in [0.15, 0.2) is 22.7 Å². The molecular formula is C13H18BrNO3. The van der Waals surface area contributed by atoms with Crippen LogP contribution in [0.2, 0.25) is 0 Å². The summed E-state index contributed by atoms with van der Waals surface area (Å²) in [6, 6.07) is 6.05. The lowest BCUT2D eigenvalue weighted by molar-refractivity contribution is -0.0552. The first-order chi connectivity index (χ1) is 8.72. The van der Waals surface area contributed by atoms with Crippen molar-refractivity contribution in [1.29, 1.82) is 0 Å². The van der Waals surface area contributed by atoms with Gasteiger partial charge in [0.05, 0.1) is 26.4 Å². The summed E-state index contributed by atoms with van der Waals surface area (Å²) >= 11 is 3.44. The van der Waals surface area contributed by atoms with E-state index < -0.39 is 0 Å². The van der Waals surface area contributed by atoms with Crippen LogP contribution < -0.4 is 4.74 Å². The molecule has 1 aromatic rings. The fraction of sp³-hybridized carbons (Fsp3) is 0.538. The number of methoxy groups -OCH3 is 1. The van der Waals surface area contributed by atoms with Gasteiger partial charge in [-0.3, -0.25) is 4.90 Å². The van der Waals surface area contributed by atoms with Crippen molar-refractivity contribution in [2.45, 2.75) is 12.6 Å². The van der Waals surface area contributed by atoms with Crippen LogP contribution in [0.1, 0.15) is 5.56 Å². The lowest BCUT2D eigenvalue weighted by Gasteiger charge is -2.32. The van der Waals surface area contributed by atoms with Crippen molar-refractivity contribution >= 4 is 15.9 Å². The third-order valence-corrected chi connectivity index (χ3v) is 3.56. The molecule has 0 aliphatic carbocycles. The fourth-order valence-corrected chi connectivity index (χ4v) is 2.46. The standard InChI is InChI=1S/C13H18BrNO3/c1-17-13-6-11(14)3-2-10(13)7-15-4-5-18-12(8-15)9-16/h2-3,6,12,16H,4-5,7-9H2,1H3/t12-/m0/s1. The van der Waals surface area contributed by atoms with Gasteiger partial charge in [0.1, 0.15) is 5.75 Å². The third kappa shape index (κ3) is 3.45. The van der Waals surface area contributed by atoms with Gasteiger partial charge in [-0.25, -0.2) is 0 Å². The Morgan fingerprint density at radius 3 is 3.11 bits per heavy atom. The largest absolute Gasteiger partial charge is 0.496 e. The van der Waals surface area contributed by atoms with E-state index >= 15 is 0 Å². The third-order valence-electron chi connectivity index (χ3n) is 3.07.